The number of rotatable bonds is 42. The first-order chi connectivity index (χ1) is 29.7. The van der Waals surface area contributed by atoms with Gasteiger partial charge in [0.2, 0.25) is 11.8 Å². The summed E-state index contributed by atoms with van der Waals surface area (Å²) >= 11 is 0. The van der Waals surface area contributed by atoms with Crippen LogP contribution in [0.2, 0.25) is 0 Å². The van der Waals surface area contributed by atoms with Crippen molar-refractivity contribution in [3.8, 4) is 0 Å². The highest BCUT2D eigenvalue weighted by atomic mass is 31.1. The first-order valence-electron chi connectivity index (χ1n) is 23.8. The Kier molecular flexibility index (Phi) is 43.0. The normalized spacial score (nSPS) is 13.8. The Hall–Kier alpha value is -2.75. The number of nitrogens with two attached hydrogens (primary N) is 3. The van der Waals surface area contributed by atoms with E-state index in [9.17, 15) is 38.8 Å². The van der Waals surface area contributed by atoms with E-state index < -0.39 is 81.2 Å². The monoisotopic (exact) mass is 908 g/mol. The van der Waals surface area contributed by atoms with Gasteiger partial charge < -0.3 is 42.2 Å². The minimum Gasteiger partial charge on any atom is -0.480 e. The highest BCUT2D eigenvalue weighted by Crippen LogP contribution is 2.24. The number of carbonyl (C=O) groups is 5. The standard InChI is InChI=1S/C43H81N3O9.C2H6NO3P/c1-4-6-8-10-12-14-16-18-20-22-24-26-28-30-38(48)54-37(33-47)40(35(32-36(44)41(45)50)42(51)46-34(3)43(52)53)55-39(49)31-29-27-25-23-21-19-17-15-13-11-9-7-5-2;3-1-2-6-7(4)5/h34-37,40,47H,4-33,44H2,1-3H3,(H2,45,50)(H,46,51)(H,52,53);1-3H2/p+1/t34-,35?,36+,37-,40?;/m0./s1. The molecule has 364 valence electrons. The largest absolute Gasteiger partial charge is 0.694 e. The second kappa shape index (κ2) is 43.5. The van der Waals surface area contributed by atoms with Crippen molar-refractivity contribution in [1.29, 1.82) is 0 Å². The van der Waals surface area contributed by atoms with Crippen molar-refractivity contribution in [3.05, 3.63) is 0 Å². The minimum atomic E-state index is -2.44. The molecule has 0 aliphatic rings. The van der Waals surface area contributed by atoms with Crippen molar-refractivity contribution in [2.75, 3.05) is 19.8 Å². The maximum Gasteiger partial charge on any atom is 0.694 e. The van der Waals surface area contributed by atoms with E-state index in [2.05, 4.69) is 23.7 Å². The molecule has 62 heavy (non-hydrogen) atoms. The van der Waals surface area contributed by atoms with Crippen LogP contribution in [0.5, 0.6) is 0 Å². The van der Waals surface area contributed by atoms with Crippen molar-refractivity contribution in [1.82, 2.24) is 5.32 Å². The van der Waals surface area contributed by atoms with E-state index in [4.69, 9.17) is 31.6 Å². The van der Waals surface area contributed by atoms with Gasteiger partial charge in [0.25, 0.3) is 0 Å². The Morgan fingerprint density at radius 2 is 1.02 bits per heavy atom. The highest BCUT2D eigenvalue weighted by Gasteiger charge is 2.41. The fourth-order valence-electron chi connectivity index (χ4n) is 6.93. The van der Waals surface area contributed by atoms with Gasteiger partial charge in [0, 0.05) is 24.0 Å². The number of carboxylic acids is 1. The fraction of sp³-hybridized carbons (Fsp3) is 0.889. The topological polar surface area (TPSA) is 281 Å². The van der Waals surface area contributed by atoms with Crippen LogP contribution in [0.1, 0.15) is 207 Å². The number of hydrogen-bond donors (Lipinski definition) is 7. The average Bonchev–Trinajstić information content (AvgIpc) is 3.23. The van der Waals surface area contributed by atoms with E-state index in [-0.39, 0.29) is 26.0 Å². The van der Waals surface area contributed by atoms with Crippen molar-refractivity contribution < 1.29 is 57.6 Å². The third kappa shape index (κ3) is 37.8. The molecule has 17 heteroatoms. The number of aliphatic carboxylic acids is 1. The van der Waals surface area contributed by atoms with E-state index in [0.717, 1.165) is 51.4 Å². The molecular weight excluding hydrogens is 819 g/mol. The van der Waals surface area contributed by atoms with Crippen molar-refractivity contribution in [2.45, 2.75) is 231 Å². The van der Waals surface area contributed by atoms with E-state index >= 15 is 0 Å². The third-order valence-electron chi connectivity index (χ3n) is 10.7. The lowest BCUT2D eigenvalue weighted by Crippen LogP contribution is -2.53. The van der Waals surface area contributed by atoms with Gasteiger partial charge >= 0.3 is 26.2 Å². The molecule has 0 aliphatic carbocycles. The summed E-state index contributed by atoms with van der Waals surface area (Å²) in [6, 6.07) is -2.69. The molecule has 0 spiro atoms. The summed E-state index contributed by atoms with van der Waals surface area (Å²) in [5, 5.41) is 22.1. The van der Waals surface area contributed by atoms with Crippen LogP contribution in [0.3, 0.4) is 0 Å². The van der Waals surface area contributed by atoms with Crippen LogP contribution >= 0.6 is 8.25 Å². The lowest BCUT2D eigenvalue weighted by molar-refractivity contribution is -0.178. The number of primary amides is 1. The van der Waals surface area contributed by atoms with Gasteiger partial charge in [-0.2, -0.15) is 0 Å². The predicted octanol–water partition coefficient (Wildman–Crippen LogP) is 7.78. The first kappa shape index (κ1) is 61.3. The molecule has 16 nitrogen and oxygen atoms in total. The second-order valence-electron chi connectivity index (χ2n) is 16.4. The Labute approximate surface area is 374 Å². The summed E-state index contributed by atoms with van der Waals surface area (Å²) in [6.07, 6.45) is 26.4. The lowest BCUT2D eigenvalue weighted by atomic mass is 9.89. The molecule has 0 rings (SSSR count). The van der Waals surface area contributed by atoms with Crippen LogP contribution in [-0.4, -0.2) is 88.9 Å². The summed E-state index contributed by atoms with van der Waals surface area (Å²) < 4.78 is 25.1. The Morgan fingerprint density at radius 3 is 1.32 bits per heavy atom. The summed E-state index contributed by atoms with van der Waals surface area (Å²) in [7, 11) is -2.44. The van der Waals surface area contributed by atoms with Crippen LogP contribution in [0.4, 0.5) is 0 Å². The molecule has 0 saturated carbocycles. The number of amides is 2. The molecule has 3 unspecified atom stereocenters. The van der Waals surface area contributed by atoms with E-state index in [1.165, 1.54) is 110 Å². The van der Waals surface area contributed by atoms with Crippen LogP contribution in [0, 0.1) is 5.92 Å². The maximum atomic E-state index is 13.4. The molecule has 0 saturated heterocycles. The van der Waals surface area contributed by atoms with Gasteiger partial charge in [-0.1, -0.05) is 168 Å². The van der Waals surface area contributed by atoms with Crippen molar-refractivity contribution in [3.63, 3.8) is 0 Å². The number of esters is 2. The fourth-order valence-corrected chi connectivity index (χ4v) is 7.19. The molecule has 0 heterocycles. The number of carboxylic acid groups (broad SMARTS) is 1. The Morgan fingerprint density at radius 1 is 0.645 bits per heavy atom. The highest BCUT2D eigenvalue weighted by molar-refractivity contribution is 7.32. The SMILES string of the molecule is CCCCCCCCCCCCCCCC(=O)OC(C(C[C@@H](N)C(N)=O)C(=O)N[C@@H](C)C(=O)O)[C@H](CO)OC(=O)CCCCCCCCCCCCCCC.NCCO[P+](=O)O. The van der Waals surface area contributed by atoms with Crippen LogP contribution in [-0.2, 0) is 42.5 Å². The molecule has 2 amide bonds. The number of nitrogens with one attached hydrogen (secondary N) is 1. The molecule has 0 fully saturated rings. The summed E-state index contributed by atoms with van der Waals surface area (Å²) in [5.41, 5.74) is 16.2. The molecule has 0 aromatic rings. The molecule has 0 bridgehead atoms. The molecule has 0 aromatic carbocycles. The van der Waals surface area contributed by atoms with Gasteiger partial charge in [-0.25, -0.2) is 0 Å². The molecule has 0 aromatic heterocycles. The van der Waals surface area contributed by atoms with Gasteiger partial charge in [-0.3, -0.25) is 24.0 Å². The van der Waals surface area contributed by atoms with E-state index in [0.29, 0.717) is 12.8 Å². The van der Waals surface area contributed by atoms with Crippen LogP contribution < -0.4 is 22.5 Å². The number of unbranched alkanes of at least 4 members (excludes halogenated alkanes) is 24. The van der Waals surface area contributed by atoms with Crippen LogP contribution in [0.25, 0.3) is 0 Å². The first-order valence-corrected chi connectivity index (χ1v) is 24.9. The molecule has 0 aliphatic heterocycles. The molecule has 10 N–H and O–H groups in total. The third-order valence-corrected chi connectivity index (χ3v) is 11.1. The van der Waals surface area contributed by atoms with Gasteiger partial charge in [0.05, 0.1) is 18.6 Å². The molecular formula is C45H88N4O12P+. The van der Waals surface area contributed by atoms with E-state index in [1.54, 1.807) is 0 Å². The number of carbonyl (C=O) groups excluding carboxylic acids is 4. The van der Waals surface area contributed by atoms with Gasteiger partial charge in [0.15, 0.2) is 12.2 Å². The maximum absolute atomic E-state index is 13.4. The van der Waals surface area contributed by atoms with Gasteiger partial charge in [-0.15, -0.1) is 9.42 Å². The zero-order chi connectivity index (χ0) is 46.8. The quantitative estimate of drug-likeness (QED) is 0.0175. The Balaban J connectivity index is 0. The van der Waals surface area contributed by atoms with Gasteiger partial charge in [-0.05, 0) is 26.2 Å². The number of hydrogen-bond acceptors (Lipinski definition) is 12. The molecule has 6 atom stereocenters. The minimum absolute atomic E-state index is 0.0288. The molecule has 0 radical (unpaired) electrons. The number of aliphatic hydroxyl groups is 1. The predicted molar refractivity (Wildman–Crippen MR) is 243 cm³/mol. The number of aliphatic hydroxyl groups excluding tert-OH is 1. The average molecular weight is 908 g/mol. The number of ether oxygens (including phenoxy) is 2. The summed E-state index contributed by atoms with van der Waals surface area (Å²) in [6.45, 7) is 5.34. The van der Waals surface area contributed by atoms with Gasteiger partial charge in [0.1, 0.15) is 12.6 Å². The van der Waals surface area contributed by atoms with Crippen molar-refractivity contribution >= 4 is 38.0 Å². The second-order valence-corrected chi connectivity index (χ2v) is 17.2. The zero-order valence-electron chi connectivity index (χ0n) is 38.7. The lowest BCUT2D eigenvalue weighted by Gasteiger charge is -2.32. The van der Waals surface area contributed by atoms with Crippen molar-refractivity contribution in [2.24, 2.45) is 23.1 Å². The summed E-state index contributed by atoms with van der Waals surface area (Å²) in [5.74, 6) is -5.88. The van der Waals surface area contributed by atoms with E-state index in [1.807, 2.05) is 0 Å². The summed E-state index contributed by atoms with van der Waals surface area (Å²) in [4.78, 5) is 70.9. The zero-order valence-corrected chi connectivity index (χ0v) is 39.6. The van der Waals surface area contributed by atoms with Crippen LogP contribution in [0.15, 0.2) is 0 Å². The smallest absolute Gasteiger partial charge is 0.480 e. The Bertz CT molecular complexity index is 1170.